The van der Waals surface area contributed by atoms with Gasteiger partial charge in [-0.05, 0) is 18.6 Å². The molecule has 0 amide bonds. The van der Waals surface area contributed by atoms with Crippen molar-refractivity contribution in [3.05, 3.63) is 48.3 Å². The van der Waals surface area contributed by atoms with Gasteiger partial charge < -0.3 is 10.8 Å². The van der Waals surface area contributed by atoms with Gasteiger partial charge in [-0.25, -0.2) is 4.68 Å². The van der Waals surface area contributed by atoms with E-state index < -0.39 is 0 Å². The van der Waals surface area contributed by atoms with Crippen LogP contribution in [0, 0.1) is 0 Å². The Morgan fingerprint density at radius 3 is 2.77 bits per heavy atom. The van der Waals surface area contributed by atoms with Gasteiger partial charge in [-0.15, -0.1) is 0 Å². The van der Waals surface area contributed by atoms with Crippen LogP contribution in [0.5, 0.6) is 5.88 Å². The Morgan fingerprint density at radius 2 is 2.05 bits per heavy atom. The van der Waals surface area contributed by atoms with Gasteiger partial charge in [0.15, 0.2) is 0 Å². The predicted molar refractivity (Wildman–Crippen MR) is 90.0 cm³/mol. The molecule has 114 valence electrons. The van der Waals surface area contributed by atoms with Crippen molar-refractivity contribution in [3.63, 3.8) is 0 Å². The summed E-state index contributed by atoms with van der Waals surface area (Å²) in [5.74, 6) is 0.258. The van der Waals surface area contributed by atoms with Crippen molar-refractivity contribution >= 4 is 22.3 Å². The number of anilines is 2. The summed E-state index contributed by atoms with van der Waals surface area (Å²) in [6.45, 7) is 2.11. The van der Waals surface area contributed by atoms with E-state index in [1.54, 1.807) is 23.1 Å². The van der Waals surface area contributed by atoms with Crippen LogP contribution in [0.25, 0.3) is 10.9 Å². The highest BCUT2D eigenvalue weighted by molar-refractivity contribution is 5.88. The van der Waals surface area contributed by atoms with Crippen LogP contribution >= 0.6 is 0 Å². The van der Waals surface area contributed by atoms with Gasteiger partial charge in [0.2, 0.25) is 5.88 Å². The summed E-state index contributed by atoms with van der Waals surface area (Å²) in [4.78, 5) is 4.13. The van der Waals surface area contributed by atoms with Crippen LogP contribution in [-0.2, 0) is 6.42 Å². The third kappa shape index (κ3) is 2.15. The van der Waals surface area contributed by atoms with Crippen molar-refractivity contribution < 1.29 is 5.11 Å². The molecule has 0 aliphatic heterocycles. The lowest BCUT2D eigenvalue weighted by Gasteiger charge is -2.23. The second-order valence-electron chi connectivity index (χ2n) is 5.34. The summed E-state index contributed by atoms with van der Waals surface area (Å²) in [5.41, 5.74) is 9.33. The Balaban J connectivity index is 2.22. The largest absolute Gasteiger partial charge is 0.493 e. The number of aromatic nitrogens is 2. The number of pyridine rings is 1. The molecule has 0 unspecified atom stereocenters. The molecular weight excluding hydrogens is 276 g/mol. The molecule has 5 heteroatoms. The van der Waals surface area contributed by atoms with Crippen LogP contribution in [0.15, 0.2) is 42.7 Å². The lowest BCUT2D eigenvalue weighted by Crippen LogP contribution is -2.25. The first kappa shape index (κ1) is 14.3. The molecule has 0 aliphatic carbocycles. The zero-order valence-electron chi connectivity index (χ0n) is 12.8. The van der Waals surface area contributed by atoms with Crippen molar-refractivity contribution in [3.8, 4) is 5.88 Å². The molecule has 0 spiro atoms. The molecular formula is C17H20N4O. The number of nitrogens with two attached hydrogens (primary N) is 1. The Labute approximate surface area is 129 Å². The molecule has 2 heterocycles. The monoisotopic (exact) mass is 296 g/mol. The van der Waals surface area contributed by atoms with Crippen LogP contribution in [-0.4, -0.2) is 21.8 Å². The van der Waals surface area contributed by atoms with E-state index >= 15 is 0 Å². The average Bonchev–Trinajstić information content (AvgIpc) is 2.80. The van der Waals surface area contributed by atoms with Crippen LogP contribution in [0.2, 0.25) is 0 Å². The Kier molecular flexibility index (Phi) is 3.63. The first-order valence-electron chi connectivity index (χ1n) is 7.40. The average molecular weight is 296 g/mol. The van der Waals surface area contributed by atoms with E-state index in [0.29, 0.717) is 5.69 Å². The van der Waals surface area contributed by atoms with Crippen molar-refractivity contribution in [2.24, 2.45) is 0 Å². The number of hydrogen-bond acceptors (Lipinski definition) is 4. The van der Waals surface area contributed by atoms with Crippen molar-refractivity contribution in [2.45, 2.75) is 19.8 Å². The molecule has 22 heavy (non-hydrogen) atoms. The van der Waals surface area contributed by atoms with Crippen molar-refractivity contribution in [1.82, 2.24) is 9.66 Å². The topological polar surface area (TPSA) is 67.3 Å². The third-order valence-electron chi connectivity index (χ3n) is 3.91. The van der Waals surface area contributed by atoms with E-state index in [1.807, 2.05) is 36.3 Å². The first-order chi connectivity index (χ1) is 10.6. The summed E-state index contributed by atoms with van der Waals surface area (Å²) in [6, 6.07) is 9.74. The van der Waals surface area contributed by atoms with Gasteiger partial charge in [-0.2, -0.15) is 0 Å². The number of hydrogen-bond donors (Lipinski definition) is 2. The van der Waals surface area contributed by atoms with Gasteiger partial charge in [0.05, 0.1) is 23.1 Å². The van der Waals surface area contributed by atoms with Gasteiger partial charge in [-0.3, -0.25) is 9.99 Å². The molecule has 0 fully saturated rings. The summed E-state index contributed by atoms with van der Waals surface area (Å²) >= 11 is 0. The smallest absolute Gasteiger partial charge is 0.214 e. The van der Waals surface area contributed by atoms with Crippen LogP contribution in [0.1, 0.15) is 18.9 Å². The Hall–Kier alpha value is -2.69. The SMILES string of the molecule is CCCc1c(O)n(N(C)c2cnccc2N)c2ccccc12. The second kappa shape index (κ2) is 5.60. The fourth-order valence-electron chi connectivity index (χ4n) is 2.85. The van der Waals surface area contributed by atoms with Crippen molar-refractivity contribution in [2.75, 3.05) is 17.8 Å². The maximum atomic E-state index is 10.7. The molecule has 1 aromatic carbocycles. The number of aryl methyl sites for hydroxylation is 1. The number of rotatable bonds is 4. The van der Waals surface area contributed by atoms with E-state index in [2.05, 4.69) is 11.9 Å². The fraction of sp³-hybridized carbons (Fsp3) is 0.235. The Morgan fingerprint density at radius 1 is 1.27 bits per heavy atom. The molecule has 0 bridgehead atoms. The number of para-hydroxylation sites is 1. The first-order valence-corrected chi connectivity index (χ1v) is 7.40. The number of aromatic hydroxyl groups is 1. The maximum Gasteiger partial charge on any atom is 0.214 e. The Bertz CT molecular complexity index is 810. The molecule has 0 aliphatic rings. The molecule has 2 aromatic heterocycles. The summed E-state index contributed by atoms with van der Waals surface area (Å²) in [5, 5.41) is 13.6. The zero-order chi connectivity index (χ0) is 15.7. The molecule has 5 nitrogen and oxygen atoms in total. The highest BCUT2D eigenvalue weighted by Gasteiger charge is 2.19. The van der Waals surface area contributed by atoms with E-state index in [-0.39, 0.29) is 5.88 Å². The molecule has 3 N–H and O–H groups in total. The summed E-state index contributed by atoms with van der Waals surface area (Å²) in [7, 11) is 1.87. The lowest BCUT2D eigenvalue weighted by atomic mass is 10.1. The highest BCUT2D eigenvalue weighted by atomic mass is 16.3. The standard InChI is InChI=1S/C17H20N4O/c1-3-6-13-12-7-4-5-8-15(12)21(17(13)22)20(2)16-11-19-10-9-14(16)18/h4-5,7-11,22H,3,6H2,1-2H3,(H2,18,19). The van der Waals surface area contributed by atoms with Crippen molar-refractivity contribution in [1.29, 1.82) is 0 Å². The molecule has 3 rings (SSSR count). The number of nitrogens with zero attached hydrogens (tertiary/aromatic N) is 3. The van der Waals surface area contributed by atoms with Crippen LogP contribution in [0.3, 0.4) is 0 Å². The quantitative estimate of drug-likeness (QED) is 0.776. The summed E-state index contributed by atoms with van der Waals surface area (Å²) in [6.07, 6.45) is 5.15. The van der Waals surface area contributed by atoms with E-state index in [0.717, 1.165) is 35.0 Å². The van der Waals surface area contributed by atoms with Gasteiger partial charge in [0, 0.05) is 24.2 Å². The molecule has 0 atom stereocenters. The second-order valence-corrected chi connectivity index (χ2v) is 5.34. The molecule has 0 saturated heterocycles. The number of benzene rings is 1. The van der Waals surface area contributed by atoms with Crippen LogP contribution in [0.4, 0.5) is 11.4 Å². The maximum absolute atomic E-state index is 10.7. The minimum absolute atomic E-state index is 0.258. The van der Waals surface area contributed by atoms with E-state index in [4.69, 9.17) is 5.73 Å². The van der Waals surface area contributed by atoms with Gasteiger partial charge >= 0.3 is 0 Å². The van der Waals surface area contributed by atoms with Gasteiger partial charge in [0.25, 0.3) is 0 Å². The van der Waals surface area contributed by atoms with Crippen LogP contribution < -0.4 is 10.7 Å². The summed E-state index contributed by atoms with van der Waals surface area (Å²) < 4.78 is 1.79. The minimum atomic E-state index is 0.258. The van der Waals surface area contributed by atoms with Gasteiger partial charge in [0.1, 0.15) is 0 Å². The number of nitrogen functional groups attached to an aromatic ring is 1. The van der Waals surface area contributed by atoms with E-state index in [9.17, 15) is 5.11 Å². The van der Waals surface area contributed by atoms with E-state index in [1.165, 1.54) is 0 Å². The number of fused-ring (bicyclic) bond motifs is 1. The molecule has 0 radical (unpaired) electrons. The zero-order valence-corrected chi connectivity index (χ0v) is 12.8. The van der Waals surface area contributed by atoms with Gasteiger partial charge in [-0.1, -0.05) is 31.5 Å². The predicted octanol–water partition coefficient (Wildman–Crippen LogP) is 3.18. The highest BCUT2D eigenvalue weighted by Crippen LogP contribution is 2.34. The molecule has 3 aromatic rings. The fourth-order valence-corrected chi connectivity index (χ4v) is 2.85. The minimum Gasteiger partial charge on any atom is -0.493 e. The normalized spacial score (nSPS) is 11.0. The third-order valence-corrected chi connectivity index (χ3v) is 3.91. The lowest BCUT2D eigenvalue weighted by molar-refractivity contribution is 0.421. The molecule has 0 saturated carbocycles.